The first-order valence-corrected chi connectivity index (χ1v) is 9.30. The van der Waals surface area contributed by atoms with Gasteiger partial charge in [-0.1, -0.05) is 0 Å². The van der Waals surface area contributed by atoms with Gasteiger partial charge in [0.1, 0.15) is 5.75 Å². The van der Waals surface area contributed by atoms with Crippen molar-refractivity contribution in [2.24, 2.45) is 0 Å². The molecular weight excluding hydrogens is 330 g/mol. The lowest BCUT2D eigenvalue weighted by Gasteiger charge is -2.29. The van der Waals surface area contributed by atoms with E-state index in [2.05, 4.69) is 10.2 Å². The molecule has 130 valence electrons. The predicted octanol–water partition coefficient (Wildman–Crippen LogP) is 2.26. The standard InChI is InChI=1S/C16H21N3O4S/c1-11-10-14(4-5-15(11)22-3)24(20,21)19-8-6-13(7-9-19)16-18-17-12(2)23-16/h4-5,10,13H,6-9H2,1-3H3. The maximum Gasteiger partial charge on any atom is 0.243 e. The molecule has 0 N–H and O–H groups in total. The Morgan fingerprint density at radius 3 is 2.46 bits per heavy atom. The zero-order chi connectivity index (χ0) is 17.3. The third-order valence-corrected chi connectivity index (χ3v) is 6.24. The van der Waals surface area contributed by atoms with Crippen LogP contribution in [0, 0.1) is 13.8 Å². The Balaban J connectivity index is 1.74. The van der Waals surface area contributed by atoms with Gasteiger partial charge in [0.25, 0.3) is 0 Å². The second-order valence-corrected chi connectivity index (χ2v) is 7.91. The molecule has 1 saturated heterocycles. The largest absolute Gasteiger partial charge is 0.496 e. The average Bonchev–Trinajstić information content (AvgIpc) is 3.01. The molecule has 0 radical (unpaired) electrons. The van der Waals surface area contributed by atoms with Crippen molar-refractivity contribution in [3.8, 4) is 5.75 Å². The summed E-state index contributed by atoms with van der Waals surface area (Å²) >= 11 is 0. The van der Waals surface area contributed by atoms with E-state index in [1.54, 1.807) is 32.2 Å². The van der Waals surface area contributed by atoms with Crippen LogP contribution in [0.15, 0.2) is 27.5 Å². The monoisotopic (exact) mass is 351 g/mol. The lowest BCUT2D eigenvalue weighted by atomic mass is 9.98. The van der Waals surface area contributed by atoms with Gasteiger partial charge in [0.05, 0.1) is 12.0 Å². The molecule has 3 rings (SSSR count). The van der Waals surface area contributed by atoms with E-state index in [-0.39, 0.29) is 5.92 Å². The number of piperidine rings is 1. The minimum atomic E-state index is -3.50. The second kappa shape index (κ2) is 6.52. The fourth-order valence-electron chi connectivity index (χ4n) is 2.98. The number of nitrogens with zero attached hydrogens (tertiary/aromatic N) is 3. The lowest BCUT2D eigenvalue weighted by Crippen LogP contribution is -2.38. The van der Waals surface area contributed by atoms with Crippen LogP contribution in [0.25, 0.3) is 0 Å². The molecule has 1 aromatic carbocycles. The topological polar surface area (TPSA) is 85.5 Å². The van der Waals surface area contributed by atoms with Crippen molar-refractivity contribution in [3.05, 3.63) is 35.5 Å². The van der Waals surface area contributed by atoms with Gasteiger partial charge in [-0.3, -0.25) is 0 Å². The Morgan fingerprint density at radius 1 is 1.21 bits per heavy atom. The van der Waals surface area contributed by atoms with Crippen LogP contribution >= 0.6 is 0 Å². The van der Waals surface area contributed by atoms with Crippen molar-refractivity contribution in [2.75, 3.05) is 20.2 Å². The summed E-state index contributed by atoms with van der Waals surface area (Å²) in [5, 5.41) is 7.89. The van der Waals surface area contributed by atoms with Crippen molar-refractivity contribution in [3.63, 3.8) is 0 Å². The normalized spacial score (nSPS) is 17.1. The minimum absolute atomic E-state index is 0.121. The van der Waals surface area contributed by atoms with Gasteiger partial charge in [0.15, 0.2) is 0 Å². The molecule has 1 aromatic heterocycles. The summed E-state index contributed by atoms with van der Waals surface area (Å²) in [7, 11) is -1.93. The van der Waals surface area contributed by atoms with Crippen molar-refractivity contribution < 1.29 is 17.6 Å². The Bertz CT molecular complexity index is 824. The summed E-state index contributed by atoms with van der Waals surface area (Å²) in [5.41, 5.74) is 0.801. The van der Waals surface area contributed by atoms with Gasteiger partial charge in [-0.25, -0.2) is 8.42 Å². The van der Waals surface area contributed by atoms with Crippen LogP contribution in [-0.2, 0) is 10.0 Å². The molecule has 0 atom stereocenters. The molecule has 2 heterocycles. The fraction of sp³-hybridized carbons (Fsp3) is 0.500. The Labute approximate surface area is 141 Å². The summed E-state index contributed by atoms with van der Waals surface area (Å²) in [6.07, 6.45) is 1.35. The maximum atomic E-state index is 12.8. The number of rotatable bonds is 4. The fourth-order valence-corrected chi connectivity index (χ4v) is 4.54. The Kier molecular flexibility index (Phi) is 4.60. The molecule has 2 aromatic rings. The molecule has 0 spiro atoms. The number of aryl methyl sites for hydroxylation is 2. The number of sulfonamides is 1. The zero-order valence-corrected chi connectivity index (χ0v) is 14.8. The van der Waals surface area contributed by atoms with Gasteiger partial charge in [0.2, 0.25) is 21.8 Å². The molecule has 1 fully saturated rings. The summed E-state index contributed by atoms with van der Waals surface area (Å²) < 4.78 is 37.8. The van der Waals surface area contributed by atoms with Crippen LogP contribution in [-0.4, -0.2) is 43.1 Å². The van der Waals surface area contributed by atoms with E-state index in [1.165, 1.54) is 4.31 Å². The first-order valence-electron chi connectivity index (χ1n) is 7.86. The maximum absolute atomic E-state index is 12.8. The van der Waals surface area contributed by atoms with Gasteiger partial charge in [0, 0.05) is 25.9 Å². The zero-order valence-electron chi connectivity index (χ0n) is 14.0. The van der Waals surface area contributed by atoms with E-state index < -0.39 is 10.0 Å². The number of benzene rings is 1. The van der Waals surface area contributed by atoms with Crippen LogP contribution in [0.2, 0.25) is 0 Å². The third kappa shape index (κ3) is 3.16. The summed E-state index contributed by atoms with van der Waals surface area (Å²) in [5.74, 6) is 1.94. The SMILES string of the molecule is COc1ccc(S(=O)(=O)N2CCC(c3nnc(C)o3)CC2)cc1C. The first kappa shape index (κ1) is 16.9. The molecule has 0 bridgehead atoms. The molecule has 0 unspecified atom stereocenters. The van der Waals surface area contributed by atoms with E-state index in [4.69, 9.17) is 9.15 Å². The summed E-state index contributed by atoms with van der Waals surface area (Å²) in [4.78, 5) is 0.299. The van der Waals surface area contributed by atoms with Gasteiger partial charge in [-0.2, -0.15) is 4.31 Å². The van der Waals surface area contributed by atoms with E-state index in [1.807, 2.05) is 6.92 Å². The number of aromatic nitrogens is 2. The highest BCUT2D eigenvalue weighted by Crippen LogP contribution is 2.31. The third-order valence-electron chi connectivity index (χ3n) is 4.35. The van der Waals surface area contributed by atoms with Crippen LogP contribution in [0.5, 0.6) is 5.75 Å². The van der Waals surface area contributed by atoms with Crippen LogP contribution in [0.1, 0.15) is 36.1 Å². The first-order chi connectivity index (χ1) is 11.4. The molecule has 8 heteroatoms. The smallest absolute Gasteiger partial charge is 0.243 e. The van der Waals surface area contributed by atoms with E-state index in [9.17, 15) is 8.42 Å². The second-order valence-electron chi connectivity index (χ2n) is 5.97. The highest BCUT2D eigenvalue weighted by molar-refractivity contribution is 7.89. The molecule has 0 amide bonds. The molecule has 0 saturated carbocycles. The van der Waals surface area contributed by atoms with Crippen molar-refractivity contribution in [1.82, 2.24) is 14.5 Å². The average molecular weight is 351 g/mol. The number of hydrogen-bond donors (Lipinski definition) is 0. The van der Waals surface area contributed by atoms with E-state index in [0.29, 0.717) is 48.4 Å². The highest BCUT2D eigenvalue weighted by Gasteiger charge is 2.32. The minimum Gasteiger partial charge on any atom is -0.496 e. The predicted molar refractivity (Wildman–Crippen MR) is 87.5 cm³/mol. The highest BCUT2D eigenvalue weighted by atomic mass is 32.2. The molecular formula is C16H21N3O4S. The van der Waals surface area contributed by atoms with Crippen LogP contribution < -0.4 is 4.74 Å². The molecule has 24 heavy (non-hydrogen) atoms. The van der Waals surface area contributed by atoms with E-state index >= 15 is 0 Å². The number of hydrogen-bond acceptors (Lipinski definition) is 6. The van der Waals surface area contributed by atoms with Gasteiger partial charge < -0.3 is 9.15 Å². The van der Waals surface area contributed by atoms with Crippen molar-refractivity contribution >= 4 is 10.0 Å². The summed E-state index contributed by atoms with van der Waals surface area (Å²) in [6, 6.07) is 4.94. The van der Waals surface area contributed by atoms with E-state index in [0.717, 1.165) is 5.56 Å². The summed E-state index contributed by atoms with van der Waals surface area (Å²) in [6.45, 7) is 4.48. The Morgan fingerprint density at radius 2 is 1.92 bits per heavy atom. The number of ether oxygens (including phenoxy) is 1. The van der Waals surface area contributed by atoms with Crippen molar-refractivity contribution in [1.29, 1.82) is 0 Å². The lowest BCUT2D eigenvalue weighted by molar-refractivity contribution is 0.288. The van der Waals surface area contributed by atoms with Gasteiger partial charge >= 0.3 is 0 Å². The van der Waals surface area contributed by atoms with Gasteiger partial charge in [-0.15, -0.1) is 10.2 Å². The Hall–Kier alpha value is -1.93. The van der Waals surface area contributed by atoms with Crippen LogP contribution in [0.4, 0.5) is 0 Å². The molecule has 1 aliphatic rings. The molecule has 1 aliphatic heterocycles. The molecule has 7 nitrogen and oxygen atoms in total. The van der Waals surface area contributed by atoms with Crippen molar-refractivity contribution in [2.45, 2.75) is 37.5 Å². The quantitative estimate of drug-likeness (QED) is 0.840. The van der Waals surface area contributed by atoms with Crippen LogP contribution in [0.3, 0.4) is 0 Å². The van der Waals surface area contributed by atoms with Gasteiger partial charge in [-0.05, 0) is 43.5 Å². The molecule has 0 aliphatic carbocycles. The number of methoxy groups -OCH3 is 1.